The van der Waals surface area contributed by atoms with Crippen molar-refractivity contribution in [3.63, 3.8) is 0 Å². The van der Waals surface area contributed by atoms with Crippen LogP contribution < -0.4 is 0 Å². The Bertz CT molecular complexity index is 895. The molecule has 4 rings (SSSR count). The molecule has 1 amide bonds. The van der Waals surface area contributed by atoms with Crippen molar-refractivity contribution in [2.24, 2.45) is 0 Å². The third-order valence-corrected chi connectivity index (χ3v) is 5.25. The molecular formula is C18H20N4O2S. The lowest BCUT2D eigenvalue weighted by Gasteiger charge is -2.27. The van der Waals surface area contributed by atoms with Crippen molar-refractivity contribution in [2.75, 3.05) is 26.3 Å². The van der Waals surface area contributed by atoms with Crippen molar-refractivity contribution in [2.45, 2.75) is 19.9 Å². The van der Waals surface area contributed by atoms with Crippen LogP contribution >= 0.6 is 11.3 Å². The van der Waals surface area contributed by atoms with Gasteiger partial charge in [-0.1, -0.05) is 6.07 Å². The van der Waals surface area contributed by atoms with E-state index in [1.165, 1.54) is 0 Å². The van der Waals surface area contributed by atoms with E-state index in [1.807, 2.05) is 33.2 Å². The number of rotatable bonds is 3. The number of nitrogens with zero attached hydrogens (tertiary/aromatic N) is 4. The van der Waals surface area contributed by atoms with Gasteiger partial charge in [-0.3, -0.25) is 4.79 Å². The number of carbonyl (C=O) groups is 1. The van der Waals surface area contributed by atoms with Gasteiger partial charge in [0, 0.05) is 19.1 Å². The third kappa shape index (κ3) is 2.94. The summed E-state index contributed by atoms with van der Waals surface area (Å²) in [6.45, 7) is 6.54. The molecule has 0 aromatic carbocycles. The number of pyridine rings is 1. The zero-order chi connectivity index (χ0) is 17.4. The van der Waals surface area contributed by atoms with Gasteiger partial charge in [0.2, 0.25) is 0 Å². The van der Waals surface area contributed by atoms with Crippen LogP contribution in [0.2, 0.25) is 0 Å². The molecular weight excluding hydrogens is 336 g/mol. The van der Waals surface area contributed by atoms with E-state index < -0.39 is 0 Å². The summed E-state index contributed by atoms with van der Waals surface area (Å²) in [7, 11) is 0. The Morgan fingerprint density at radius 3 is 2.80 bits per heavy atom. The van der Waals surface area contributed by atoms with Crippen LogP contribution in [0.3, 0.4) is 0 Å². The third-order valence-electron chi connectivity index (χ3n) is 4.36. The van der Waals surface area contributed by atoms with Crippen molar-refractivity contribution in [3.8, 4) is 10.6 Å². The Hall–Kier alpha value is -2.25. The SMILES string of the molecule is CC(C)n1ncc2c(C(=O)N3CCOCC3)cc(-c3cccs3)nc21. The highest BCUT2D eigenvalue weighted by Crippen LogP contribution is 2.29. The number of hydrogen-bond donors (Lipinski definition) is 0. The minimum absolute atomic E-state index is 0.0248. The Labute approximate surface area is 150 Å². The molecule has 0 radical (unpaired) electrons. The number of thiophene rings is 1. The van der Waals surface area contributed by atoms with Gasteiger partial charge in [-0.25, -0.2) is 9.67 Å². The fourth-order valence-corrected chi connectivity index (χ4v) is 3.75. The Morgan fingerprint density at radius 1 is 1.32 bits per heavy atom. The predicted molar refractivity (Wildman–Crippen MR) is 97.9 cm³/mol. The van der Waals surface area contributed by atoms with Gasteiger partial charge in [-0.05, 0) is 31.4 Å². The van der Waals surface area contributed by atoms with Gasteiger partial charge in [0.25, 0.3) is 5.91 Å². The number of fused-ring (bicyclic) bond motifs is 1. The highest BCUT2D eigenvalue weighted by atomic mass is 32.1. The van der Waals surface area contributed by atoms with Crippen molar-refractivity contribution in [1.29, 1.82) is 0 Å². The van der Waals surface area contributed by atoms with Gasteiger partial charge >= 0.3 is 0 Å². The second-order valence-electron chi connectivity index (χ2n) is 6.36. The average Bonchev–Trinajstić information content (AvgIpc) is 3.30. The average molecular weight is 356 g/mol. The fourth-order valence-electron chi connectivity index (χ4n) is 3.06. The van der Waals surface area contributed by atoms with E-state index in [1.54, 1.807) is 17.5 Å². The van der Waals surface area contributed by atoms with Crippen LogP contribution in [0.1, 0.15) is 30.2 Å². The first-order valence-corrected chi connectivity index (χ1v) is 9.32. The fraction of sp³-hybridized carbons (Fsp3) is 0.389. The van der Waals surface area contributed by atoms with E-state index in [2.05, 4.69) is 18.9 Å². The molecule has 1 aliphatic heterocycles. The van der Waals surface area contributed by atoms with Gasteiger partial charge < -0.3 is 9.64 Å². The van der Waals surface area contributed by atoms with E-state index in [4.69, 9.17) is 9.72 Å². The van der Waals surface area contributed by atoms with Crippen molar-refractivity contribution >= 4 is 28.3 Å². The van der Waals surface area contributed by atoms with Crippen LogP contribution in [-0.4, -0.2) is 51.9 Å². The molecule has 1 fully saturated rings. The number of amides is 1. The van der Waals surface area contributed by atoms with Crippen LogP contribution in [0.15, 0.2) is 29.8 Å². The smallest absolute Gasteiger partial charge is 0.254 e. The summed E-state index contributed by atoms with van der Waals surface area (Å²) < 4.78 is 7.25. The maximum absolute atomic E-state index is 13.1. The highest BCUT2D eigenvalue weighted by Gasteiger charge is 2.24. The van der Waals surface area contributed by atoms with Gasteiger partial charge in [0.15, 0.2) is 5.65 Å². The maximum atomic E-state index is 13.1. The van der Waals surface area contributed by atoms with Crippen molar-refractivity contribution < 1.29 is 9.53 Å². The molecule has 1 aliphatic rings. The summed E-state index contributed by atoms with van der Waals surface area (Å²) in [6, 6.07) is 6.10. The normalized spacial score (nSPS) is 15.2. The highest BCUT2D eigenvalue weighted by molar-refractivity contribution is 7.13. The molecule has 0 bridgehead atoms. The minimum atomic E-state index is 0.0248. The first kappa shape index (κ1) is 16.2. The minimum Gasteiger partial charge on any atom is -0.378 e. The Balaban J connectivity index is 1.88. The van der Waals surface area contributed by atoms with E-state index in [0.717, 1.165) is 21.6 Å². The quantitative estimate of drug-likeness (QED) is 0.723. The topological polar surface area (TPSA) is 60.2 Å². The van der Waals surface area contributed by atoms with E-state index in [-0.39, 0.29) is 11.9 Å². The van der Waals surface area contributed by atoms with E-state index in [9.17, 15) is 4.79 Å². The zero-order valence-electron chi connectivity index (χ0n) is 14.3. The molecule has 4 heterocycles. The molecule has 0 N–H and O–H groups in total. The molecule has 0 unspecified atom stereocenters. The second kappa shape index (κ2) is 6.57. The molecule has 25 heavy (non-hydrogen) atoms. The molecule has 1 saturated heterocycles. The first-order valence-electron chi connectivity index (χ1n) is 8.44. The molecule has 0 saturated carbocycles. The number of hydrogen-bond acceptors (Lipinski definition) is 5. The van der Waals surface area contributed by atoms with E-state index >= 15 is 0 Å². The Kier molecular flexibility index (Phi) is 4.27. The number of morpholine rings is 1. The monoisotopic (exact) mass is 356 g/mol. The van der Waals surface area contributed by atoms with Crippen LogP contribution in [0, 0.1) is 0 Å². The summed E-state index contributed by atoms with van der Waals surface area (Å²) in [4.78, 5) is 20.8. The molecule has 0 atom stereocenters. The molecule has 0 spiro atoms. The molecule has 0 aliphatic carbocycles. The van der Waals surface area contributed by atoms with E-state index in [0.29, 0.717) is 31.9 Å². The van der Waals surface area contributed by atoms with Crippen LogP contribution in [0.5, 0.6) is 0 Å². The molecule has 6 nitrogen and oxygen atoms in total. The van der Waals surface area contributed by atoms with Gasteiger partial charge in [-0.15, -0.1) is 11.3 Å². The van der Waals surface area contributed by atoms with Crippen LogP contribution in [0.25, 0.3) is 21.6 Å². The maximum Gasteiger partial charge on any atom is 0.254 e. The van der Waals surface area contributed by atoms with Crippen LogP contribution in [-0.2, 0) is 4.74 Å². The summed E-state index contributed by atoms with van der Waals surface area (Å²) in [5, 5.41) is 7.30. The lowest BCUT2D eigenvalue weighted by molar-refractivity contribution is 0.0304. The lowest BCUT2D eigenvalue weighted by atomic mass is 10.1. The number of carbonyl (C=O) groups excluding carboxylic acids is 1. The predicted octanol–water partition coefficient (Wildman–Crippen LogP) is 3.21. The van der Waals surface area contributed by atoms with Crippen LogP contribution in [0.4, 0.5) is 0 Å². The molecule has 7 heteroatoms. The number of ether oxygens (including phenoxy) is 1. The summed E-state index contributed by atoms with van der Waals surface area (Å²) >= 11 is 1.62. The summed E-state index contributed by atoms with van der Waals surface area (Å²) in [5.74, 6) is 0.0248. The second-order valence-corrected chi connectivity index (χ2v) is 7.30. The summed E-state index contributed by atoms with van der Waals surface area (Å²) in [5.41, 5.74) is 2.25. The lowest BCUT2D eigenvalue weighted by Crippen LogP contribution is -2.40. The molecule has 3 aromatic heterocycles. The number of aromatic nitrogens is 3. The van der Waals surface area contributed by atoms with Gasteiger partial charge in [0.1, 0.15) is 0 Å². The standard InChI is InChI=1S/C18H20N4O2S/c1-12(2)22-17-14(11-19-22)13(18(23)21-5-7-24-8-6-21)10-15(20-17)16-4-3-9-25-16/h3-4,9-12H,5-8H2,1-2H3. The summed E-state index contributed by atoms with van der Waals surface area (Å²) in [6.07, 6.45) is 1.76. The largest absolute Gasteiger partial charge is 0.378 e. The van der Waals surface area contributed by atoms with Gasteiger partial charge in [-0.2, -0.15) is 5.10 Å². The van der Waals surface area contributed by atoms with Crippen molar-refractivity contribution in [3.05, 3.63) is 35.3 Å². The Morgan fingerprint density at radius 2 is 2.12 bits per heavy atom. The zero-order valence-corrected chi connectivity index (χ0v) is 15.1. The first-order chi connectivity index (χ1) is 12.1. The molecule has 3 aromatic rings. The molecule has 130 valence electrons. The van der Waals surface area contributed by atoms with Crippen molar-refractivity contribution in [1.82, 2.24) is 19.7 Å². The van der Waals surface area contributed by atoms with Gasteiger partial charge in [0.05, 0.1) is 40.9 Å².